The molecule has 0 amide bonds. The van der Waals surface area contributed by atoms with Gasteiger partial charge in [-0.15, -0.1) is 0 Å². The first-order valence-electron chi connectivity index (χ1n) is 6.86. The highest BCUT2D eigenvalue weighted by atomic mass is 16.5. The second kappa shape index (κ2) is 5.95. The van der Waals surface area contributed by atoms with Gasteiger partial charge in [-0.3, -0.25) is 4.79 Å². The van der Waals surface area contributed by atoms with E-state index in [1.165, 1.54) is 0 Å². The normalized spacial score (nSPS) is 11.1. The predicted molar refractivity (Wildman–Crippen MR) is 80.9 cm³/mol. The smallest absolute Gasteiger partial charge is 0.150 e. The second-order valence-electron chi connectivity index (χ2n) is 5.32. The van der Waals surface area contributed by atoms with Crippen molar-refractivity contribution in [3.8, 4) is 11.5 Å². The number of aldehydes is 1. The summed E-state index contributed by atoms with van der Waals surface area (Å²) in [6.07, 6.45) is 0.952. The minimum atomic E-state index is 0.0345. The third-order valence-electron chi connectivity index (χ3n) is 2.79. The molecule has 2 aromatic carbocycles. The summed E-state index contributed by atoms with van der Waals surface area (Å²) in [5, 5.41) is 1.86. The average molecular weight is 272 g/mol. The van der Waals surface area contributed by atoms with Crippen molar-refractivity contribution in [1.29, 1.82) is 0 Å². The maximum absolute atomic E-state index is 11.1. The first-order chi connectivity index (χ1) is 9.51. The zero-order chi connectivity index (χ0) is 14.7. The molecule has 0 aliphatic heterocycles. The fourth-order valence-corrected chi connectivity index (χ4v) is 2.14. The minimum Gasteiger partial charge on any atom is -0.490 e. The van der Waals surface area contributed by atoms with Gasteiger partial charge in [0.1, 0.15) is 17.8 Å². The van der Waals surface area contributed by atoms with Crippen molar-refractivity contribution in [2.24, 2.45) is 0 Å². The third-order valence-corrected chi connectivity index (χ3v) is 2.79. The molecule has 0 atom stereocenters. The average Bonchev–Trinajstić information content (AvgIpc) is 2.37. The number of ether oxygens (including phenoxy) is 2. The lowest BCUT2D eigenvalue weighted by atomic mass is 10.1. The SMILES string of the molecule is CC(C)Oc1cccc2cc(C=O)cc(OC(C)C)c12. The van der Waals surface area contributed by atoms with E-state index in [1.54, 1.807) is 6.07 Å². The number of hydrogen-bond acceptors (Lipinski definition) is 3. The van der Waals surface area contributed by atoms with Gasteiger partial charge in [0.2, 0.25) is 0 Å². The Morgan fingerprint density at radius 3 is 2.20 bits per heavy atom. The molecule has 0 aliphatic carbocycles. The number of carbonyl (C=O) groups is 1. The monoisotopic (exact) mass is 272 g/mol. The van der Waals surface area contributed by atoms with Crippen LogP contribution in [0.1, 0.15) is 38.1 Å². The van der Waals surface area contributed by atoms with Gasteiger partial charge in [0, 0.05) is 5.56 Å². The fraction of sp³-hybridized carbons (Fsp3) is 0.353. The van der Waals surface area contributed by atoms with Crippen molar-refractivity contribution in [2.45, 2.75) is 39.9 Å². The molecule has 0 fully saturated rings. The van der Waals surface area contributed by atoms with E-state index in [4.69, 9.17) is 9.47 Å². The summed E-state index contributed by atoms with van der Waals surface area (Å²) in [5.74, 6) is 1.47. The predicted octanol–water partition coefficient (Wildman–Crippen LogP) is 4.23. The largest absolute Gasteiger partial charge is 0.490 e. The summed E-state index contributed by atoms with van der Waals surface area (Å²) in [5.41, 5.74) is 0.606. The summed E-state index contributed by atoms with van der Waals surface area (Å²) in [4.78, 5) is 11.1. The molecule has 0 spiro atoms. The van der Waals surface area contributed by atoms with Gasteiger partial charge in [-0.1, -0.05) is 12.1 Å². The lowest BCUT2D eigenvalue weighted by Gasteiger charge is -2.17. The van der Waals surface area contributed by atoms with Gasteiger partial charge < -0.3 is 9.47 Å². The highest BCUT2D eigenvalue weighted by Gasteiger charge is 2.13. The van der Waals surface area contributed by atoms with Crippen LogP contribution in [0.3, 0.4) is 0 Å². The van der Waals surface area contributed by atoms with Gasteiger partial charge in [-0.25, -0.2) is 0 Å². The van der Waals surface area contributed by atoms with Crippen LogP contribution in [-0.4, -0.2) is 18.5 Å². The quantitative estimate of drug-likeness (QED) is 0.764. The van der Waals surface area contributed by atoms with Crippen molar-refractivity contribution < 1.29 is 14.3 Å². The van der Waals surface area contributed by atoms with Crippen molar-refractivity contribution >= 4 is 17.1 Å². The van der Waals surface area contributed by atoms with Gasteiger partial charge >= 0.3 is 0 Å². The van der Waals surface area contributed by atoms with E-state index in [1.807, 2.05) is 52.0 Å². The molecule has 3 heteroatoms. The van der Waals surface area contributed by atoms with Crippen molar-refractivity contribution in [3.63, 3.8) is 0 Å². The summed E-state index contributed by atoms with van der Waals surface area (Å²) < 4.78 is 11.7. The van der Waals surface area contributed by atoms with Gasteiger partial charge in [0.15, 0.2) is 0 Å². The molecule has 2 aromatic rings. The summed E-state index contributed by atoms with van der Waals surface area (Å²) in [6.45, 7) is 7.90. The fourth-order valence-electron chi connectivity index (χ4n) is 2.14. The van der Waals surface area contributed by atoms with Gasteiger partial charge in [-0.05, 0) is 51.3 Å². The molecule has 0 unspecified atom stereocenters. The van der Waals surface area contributed by atoms with Gasteiger partial charge in [-0.2, -0.15) is 0 Å². The molecule has 0 aliphatic rings. The molecule has 0 N–H and O–H groups in total. The van der Waals surface area contributed by atoms with Crippen LogP contribution in [0, 0.1) is 0 Å². The van der Waals surface area contributed by atoms with Gasteiger partial charge in [0.05, 0.1) is 17.6 Å². The van der Waals surface area contributed by atoms with Crippen LogP contribution in [0.4, 0.5) is 0 Å². The number of carbonyl (C=O) groups excluding carboxylic acids is 1. The number of rotatable bonds is 5. The van der Waals surface area contributed by atoms with Crippen molar-refractivity contribution in [2.75, 3.05) is 0 Å². The zero-order valence-electron chi connectivity index (χ0n) is 12.3. The van der Waals surface area contributed by atoms with Crippen molar-refractivity contribution in [3.05, 3.63) is 35.9 Å². The highest BCUT2D eigenvalue weighted by molar-refractivity contribution is 5.97. The number of hydrogen-bond donors (Lipinski definition) is 0. The molecule has 0 heterocycles. The Balaban J connectivity index is 2.67. The van der Waals surface area contributed by atoms with Crippen LogP contribution < -0.4 is 9.47 Å². The van der Waals surface area contributed by atoms with Crippen LogP contribution in [-0.2, 0) is 0 Å². The first kappa shape index (κ1) is 14.4. The van der Waals surface area contributed by atoms with Crippen molar-refractivity contribution in [1.82, 2.24) is 0 Å². The maximum atomic E-state index is 11.1. The Morgan fingerprint density at radius 2 is 1.60 bits per heavy atom. The van der Waals surface area contributed by atoms with Crippen LogP contribution >= 0.6 is 0 Å². The van der Waals surface area contributed by atoms with Crippen LogP contribution in [0.5, 0.6) is 11.5 Å². The summed E-state index contributed by atoms with van der Waals surface area (Å²) >= 11 is 0. The van der Waals surface area contributed by atoms with E-state index in [9.17, 15) is 4.79 Å². The summed E-state index contributed by atoms with van der Waals surface area (Å²) in [6, 6.07) is 9.43. The molecule has 3 nitrogen and oxygen atoms in total. The van der Waals surface area contributed by atoms with Crippen LogP contribution in [0.2, 0.25) is 0 Å². The molecule has 0 bridgehead atoms. The molecule has 2 rings (SSSR count). The van der Waals surface area contributed by atoms with E-state index >= 15 is 0 Å². The van der Waals surface area contributed by atoms with E-state index < -0.39 is 0 Å². The Morgan fingerprint density at radius 1 is 0.950 bits per heavy atom. The van der Waals surface area contributed by atoms with E-state index in [-0.39, 0.29) is 12.2 Å². The van der Waals surface area contributed by atoms with E-state index in [0.29, 0.717) is 11.3 Å². The van der Waals surface area contributed by atoms with Gasteiger partial charge in [0.25, 0.3) is 0 Å². The Kier molecular flexibility index (Phi) is 4.28. The van der Waals surface area contributed by atoms with E-state index in [2.05, 4.69) is 0 Å². The Hall–Kier alpha value is -2.03. The minimum absolute atomic E-state index is 0.0345. The molecular formula is C17H20O3. The Labute approximate surface area is 119 Å². The molecule has 0 radical (unpaired) electrons. The summed E-state index contributed by atoms with van der Waals surface area (Å²) in [7, 11) is 0. The molecule has 0 saturated carbocycles. The van der Waals surface area contributed by atoms with Crippen LogP contribution in [0.15, 0.2) is 30.3 Å². The standard InChI is InChI=1S/C17H20O3/c1-11(2)19-15-7-5-6-14-8-13(10-18)9-16(17(14)15)20-12(3)4/h5-12H,1-4H3. The second-order valence-corrected chi connectivity index (χ2v) is 5.32. The number of fused-ring (bicyclic) bond motifs is 1. The molecular weight excluding hydrogens is 252 g/mol. The lowest BCUT2D eigenvalue weighted by Crippen LogP contribution is -2.09. The molecule has 20 heavy (non-hydrogen) atoms. The molecule has 0 aromatic heterocycles. The maximum Gasteiger partial charge on any atom is 0.150 e. The third kappa shape index (κ3) is 3.10. The highest BCUT2D eigenvalue weighted by Crippen LogP contribution is 2.36. The van der Waals surface area contributed by atoms with Crippen LogP contribution in [0.25, 0.3) is 10.8 Å². The zero-order valence-corrected chi connectivity index (χ0v) is 12.3. The number of benzene rings is 2. The topological polar surface area (TPSA) is 35.5 Å². The molecule has 0 saturated heterocycles. The Bertz CT molecular complexity index is 615. The van der Waals surface area contributed by atoms with E-state index in [0.717, 1.165) is 22.8 Å². The molecule has 106 valence electrons. The first-order valence-corrected chi connectivity index (χ1v) is 6.86. The lowest BCUT2D eigenvalue weighted by molar-refractivity contribution is 0.112.